The molecule has 13 heteroatoms. The van der Waals surface area contributed by atoms with Gasteiger partial charge in [-0.1, -0.05) is 31.2 Å². The van der Waals surface area contributed by atoms with Gasteiger partial charge in [-0.25, -0.2) is 9.37 Å². The van der Waals surface area contributed by atoms with Gasteiger partial charge in [-0.05, 0) is 84.8 Å². The third-order valence-electron chi connectivity index (χ3n) is 7.43. The van der Waals surface area contributed by atoms with Crippen LogP contribution in [0, 0.1) is 5.82 Å². The summed E-state index contributed by atoms with van der Waals surface area (Å²) >= 11 is 2.62. The molecule has 3 amide bonds. The van der Waals surface area contributed by atoms with Crippen LogP contribution in [0.5, 0.6) is 17.2 Å². The molecule has 0 spiro atoms. The number of hydrogen-bond acceptors (Lipinski definition) is 9. The highest BCUT2D eigenvalue weighted by Gasteiger charge is 2.21. The number of nitrogens with zero attached hydrogens (tertiary/aromatic N) is 1. The van der Waals surface area contributed by atoms with Crippen LogP contribution in [0.1, 0.15) is 29.3 Å². The summed E-state index contributed by atoms with van der Waals surface area (Å²) < 4.78 is 29.7. The second kappa shape index (κ2) is 17.3. The summed E-state index contributed by atoms with van der Waals surface area (Å²) in [5.41, 5.74) is 2.67. The largest absolute Gasteiger partial charge is 0.493 e. The third kappa shape index (κ3) is 9.53. The standard InChI is InChI=1S/C38H35FN4O6S2/c1-5-33(37(46)43-38-42-30(22-50-38)24-14-16-26(39)17-15-24)51-28-13-9-12-27(21-28)40-36(45)29(41-35(44)25-10-7-6-8-11-25)18-23-19-31(47-2)34(49-4)32(20-23)48-3/h6-22,33H,5H2,1-4H3,(H,40,45)(H,41,44)(H,42,43,46)/b29-18+. The molecule has 0 radical (unpaired) electrons. The van der Waals surface area contributed by atoms with Crippen molar-refractivity contribution in [2.75, 3.05) is 32.0 Å². The normalized spacial score (nSPS) is 11.7. The van der Waals surface area contributed by atoms with Gasteiger partial charge in [0.1, 0.15) is 11.5 Å². The number of methoxy groups -OCH3 is 3. The second-order valence-corrected chi connectivity index (χ2v) is 13.0. The lowest BCUT2D eigenvalue weighted by Gasteiger charge is -2.16. The van der Waals surface area contributed by atoms with Crippen molar-refractivity contribution in [1.29, 1.82) is 0 Å². The molecule has 1 aromatic heterocycles. The van der Waals surface area contributed by atoms with Crippen LogP contribution in [0.4, 0.5) is 15.2 Å². The van der Waals surface area contributed by atoms with Crippen LogP contribution in [-0.4, -0.2) is 49.3 Å². The zero-order valence-corrected chi connectivity index (χ0v) is 29.8. The first kappa shape index (κ1) is 36.6. The fourth-order valence-corrected chi connectivity index (χ4v) is 6.63. The predicted octanol–water partition coefficient (Wildman–Crippen LogP) is 7.89. The molecule has 0 fully saturated rings. The van der Waals surface area contributed by atoms with E-state index in [0.29, 0.717) is 51.3 Å². The van der Waals surface area contributed by atoms with Crippen LogP contribution in [0.3, 0.4) is 0 Å². The maximum atomic E-state index is 13.8. The summed E-state index contributed by atoms with van der Waals surface area (Å²) in [7, 11) is 4.46. The van der Waals surface area contributed by atoms with Crippen molar-refractivity contribution < 1.29 is 33.0 Å². The topological polar surface area (TPSA) is 128 Å². The number of thioether (sulfide) groups is 1. The van der Waals surface area contributed by atoms with Crippen LogP contribution in [0.2, 0.25) is 0 Å². The van der Waals surface area contributed by atoms with Crippen molar-refractivity contribution in [2.45, 2.75) is 23.5 Å². The van der Waals surface area contributed by atoms with E-state index >= 15 is 0 Å². The molecule has 0 aliphatic carbocycles. The number of benzene rings is 4. The number of carbonyl (C=O) groups excluding carboxylic acids is 3. The minimum Gasteiger partial charge on any atom is -0.493 e. The van der Waals surface area contributed by atoms with E-state index in [1.165, 1.54) is 62.6 Å². The number of hydrogen-bond donors (Lipinski definition) is 3. The molecule has 0 saturated heterocycles. The van der Waals surface area contributed by atoms with Crippen molar-refractivity contribution in [1.82, 2.24) is 10.3 Å². The molecule has 3 N–H and O–H groups in total. The fraction of sp³-hybridized carbons (Fsp3) is 0.158. The minimum atomic E-state index is -0.583. The quantitative estimate of drug-likeness (QED) is 0.0779. The highest BCUT2D eigenvalue weighted by atomic mass is 32.2. The average Bonchev–Trinajstić information content (AvgIpc) is 3.62. The number of thiazole rings is 1. The highest BCUT2D eigenvalue weighted by Crippen LogP contribution is 2.39. The van der Waals surface area contributed by atoms with Crippen molar-refractivity contribution in [3.63, 3.8) is 0 Å². The van der Waals surface area contributed by atoms with E-state index in [0.717, 1.165) is 10.5 Å². The molecule has 5 rings (SSSR count). The predicted molar refractivity (Wildman–Crippen MR) is 199 cm³/mol. The first-order valence-electron chi connectivity index (χ1n) is 15.7. The van der Waals surface area contributed by atoms with E-state index < -0.39 is 17.1 Å². The smallest absolute Gasteiger partial charge is 0.272 e. The Morgan fingerprint density at radius 1 is 0.882 bits per heavy atom. The molecule has 0 aliphatic rings. The molecule has 4 aromatic carbocycles. The molecule has 0 aliphatic heterocycles. The van der Waals surface area contributed by atoms with E-state index in [4.69, 9.17) is 14.2 Å². The van der Waals surface area contributed by atoms with Gasteiger partial charge in [0.05, 0.1) is 32.3 Å². The molecule has 1 unspecified atom stereocenters. The van der Waals surface area contributed by atoms with Crippen LogP contribution < -0.4 is 30.2 Å². The molecule has 262 valence electrons. The van der Waals surface area contributed by atoms with Crippen molar-refractivity contribution in [2.24, 2.45) is 0 Å². The Balaban J connectivity index is 1.33. The van der Waals surface area contributed by atoms with E-state index in [1.807, 2.05) is 13.0 Å². The van der Waals surface area contributed by atoms with Gasteiger partial charge in [-0.15, -0.1) is 23.1 Å². The first-order chi connectivity index (χ1) is 24.7. The number of nitrogens with one attached hydrogen (secondary N) is 3. The maximum absolute atomic E-state index is 13.8. The van der Waals surface area contributed by atoms with Gasteiger partial charge in [0.2, 0.25) is 11.7 Å². The van der Waals surface area contributed by atoms with Crippen LogP contribution in [0.25, 0.3) is 17.3 Å². The summed E-state index contributed by atoms with van der Waals surface area (Å²) in [6.07, 6.45) is 2.03. The number of halogens is 1. The Morgan fingerprint density at radius 2 is 1.59 bits per heavy atom. The molecular weight excluding hydrogens is 692 g/mol. The summed E-state index contributed by atoms with van der Waals surface area (Å²) in [6.45, 7) is 1.91. The third-order valence-corrected chi connectivity index (χ3v) is 9.55. The van der Waals surface area contributed by atoms with Crippen LogP contribution in [-0.2, 0) is 9.59 Å². The Morgan fingerprint density at radius 3 is 2.24 bits per heavy atom. The van der Waals surface area contributed by atoms with Gasteiger partial charge < -0.3 is 30.2 Å². The van der Waals surface area contributed by atoms with Crippen molar-refractivity contribution in [3.05, 3.63) is 119 Å². The summed E-state index contributed by atoms with van der Waals surface area (Å²) in [6, 6.07) is 24.9. The molecule has 10 nitrogen and oxygen atoms in total. The van der Waals surface area contributed by atoms with Gasteiger partial charge in [-0.2, -0.15) is 0 Å². The monoisotopic (exact) mass is 726 g/mol. The summed E-state index contributed by atoms with van der Waals surface area (Å²) in [5, 5.41) is 10.3. The van der Waals surface area contributed by atoms with Gasteiger partial charge in [0.25, 0.3) is 11.8 Å². The lowest BCUT2D eigenvalue weighted by molar-refractivity contribution is -0.116. The number of rotatable bonds is 14. The van der Waals surface area contributed by atoms with Gasteiger partial charge in [0.15, 0.2) is 16.6 Å². The molecular formula is C38H35FN4O6S2. The van der Waals surface area contributed by atoms with Crippen LogP contribution >= 0.6 is 23.1 Å². The minimum absolute atomic E-state index is 0.0366. The van der Waals surface area contributed by atoms with Gasteiger partial charge in [-0.3, -0.25) is 14.4 Å². The maximum Gasteiger partial charge on any atom is 0.272 e. The van der Waals surface area contributed by atoms with E-state index in [1.54, 1.807) is 78.2 Å². The zero-order chi connectivity index (χ0) is 36.3. The SMILES string of the molecule is CCC(Sc1cccc(NC(=O)/C(=C\c2cc(OC)c(OC)c(OC)c2)NC(=O)c2ccccc2)c1)C(=O)Nc1nc(-c2ccc(F)cc2)cs1. The lowest BCUT2D eigenvalue weighted by atomic mass is 10.1. The van der Waals surface area contributed by atoms with Crippen LogP contribution in [0.15, 0.2) is 107 Å². The van der Waals surface area contributed by atoms with E-state index in [-0.39, 0.29) is 17.4 Å². The Hall–Kier alpha value is -5.66. The molecule has 0 saturated carbocycles. The number of ether oxygens (including phenoxy) is 3. The van der Waals surface area contributed by atoms with Crippen molar-refractivity contribution in [3.8, 4) is 28.5 Å². The second-order valence-electron chi connectivity index (χ2n) is 10.9. The highest BCUT2D eigenvalue weighted by molar-refractivity contribution is 8.00. The Kier molecular flexibility index (Phi) is 12.4. The molecule has 0 bridgehead atoms. The first-order valence-corrected chi connectivity index (χ1v) is 17.5. The number of carbonyl (C=O) groups is 3. The zero-order valence-electron chi connectivity index (χ0n) is 28.2. The Bertz CT molecular complexity index is 2010. The molecule has 5 aromatic rings. The lowest BCUT2D eigenvalue weighted by Crippen LogP contribution is -2.30. The average molecular weight is 727 g/mol. The van der Waals surface area contributed by atoms with E-state index in [2.05, 4.69) is 20.9 Å². The van der Waals surface area contributed by atoms with Gasteiger partial charge in [0, 0.05) is 27.1 Å². The van der Waals surface area contributed by atoms with E-state index in [9.17, 15) is 18.8 Å². The summed E-state index contributed by atoms with van der Waals surface area (Å²) in [4.78, 5) is 45.4. The summed E-state index contributed by atoms with van der Waals surface area (Å²) in [5.74, 6) is -0.491. The molecule has 1 atom stereocenters. The molecule has 51 heavy (non-hydrogen) atoms. The fourth-order valence-electron chi connectivity index (χ4n) is 4.90. The van der Waals surface area contributed by atoms with Crippen molar-refractivity contribution >= 4 is 57.7 Å². The number of amides is 3. The Labute approximate surface area is 303 Å². The number of anilines is 2. The van der Waals surface area contributed by atoms with Gasteiger partial charge >= 0.3 is 0 Å². The number of aromatic nitrogens is 1. The molecule has 1 heterocycles.